The van der Waals surface area contributed by atoms with Crippen molar-refractivity contribution in [2.75, 3.05) is 7.05 Å². The van der Waals surface area contributed by atoms with E-state index in [1.165, 1.54) is 37.3 Å². The molecule has 0 aliphatic heterocycles. The zero-order valence-electron chi connectivity index (χ0n) is 11.2. The Morgan fingerprint density at radius 1 is 1.16 bits per heavy atom. The van der Waals surface area contributed by atoms with Crippen LogP contribution < -0.4 is 5.32 Å². The van der Waals surface area contributed by atoms with Gasteiger partial charge in [-0.2, -0.15) is 0 Å². The molecule has 1 saturated carbocycles. The van der Waals surface area contributed by atoms with Crippen LogP contribution in [0.1, 0.15) is 37.2 Å². The number of aromatic nitrogens is 1. The van der Waals surface area contributed by atoms with Gasteiger partial charge in [-0.25, -0.2) is 4.39 Å². The predicted molar refractivity (Wildman–Crippen MR) is 75.8 cm³/mol. The lowest BCUT2D eigenvalue weighted by atomic mass is 9.81. The van der Waals surface area contributed by atoms with Crippen molar-refractivity contribution >= 4 is 10.9 Å². The molecule has 0 radical (unpaired) electrons. The fraction of sp³-hybridized carbons (Fsp3) is 0.438. The third kappa shape index (κ3) is 2.47. The van der Waals surface area contributed by atoms with Crippen molar-refractivity contribution in [2.24, 2.45) is 0 Å². The van der Waals surface area contributed by atoms with Gasteiger partial charge in [0.05, 0.1) is 5.52 Å². The Morgan fingerprint density at radius 3 is 2.68 bits per heavy atom. The summed E-state index contributed by atoms with van der Waals surface area (Å²) in [5.74, 6) is 0.363. The van der Waals surface area contributed by atoms with Gasteiger partial charge in [0.2, 0.25) is 0 Å². The maximum absolute atomic E-state index is 13.5. The van der Waals surface area contributed by atoms with E-state index in [2.05, 4.69) is 16.4 Å². The van der Waals surface area contributed by atoms with Crippen LogP contribution in [0.2, 0.25) is 0 Å². The Kier molecular flexibility index (Phi) is 3.47. The van der Waals surface area contributed by atoms with Gasteiger partial charge in [-0.1, -0.05) is 0 Å². The highest BCUT2D eigenvalue weighted by Crippen LogP contribution is 2.36. The molecule has 0 amide bonds. The van der Waals surface area contributed by atoms with E-state index in [1.54, 1.807) is 12.1 Å². The van der Waals surface area contributed by atoms with E-state index in [1.807, 2.05) is 13.2 Å². The summed E-state index contributed by atoms with van der Waals surface area (Å²) in [7, 11) is 2.03. The molecular formula is C16H19FN2. The van der Waals surface area contributed by atoms with Gasteiger partial charge in [0.25, 0.3) is 0 Å². The third-order valence-corrected chi connectivity index (χ3v) is 4.31. The number of hydrogen-bond acceptors (Lipinski definition) is 2. The van der Waals surface area contributed by atoms with Gasteiger partial charge in [0.15, 0.2) is 0 Å². The maximum Gasteiger partial charge on any atom is 0.123 e. The maximum atomic E-state index is 13.5. The van der Waals surface area contributed by atoms with Gasteiger partial charge >= 0.3 is 0 Å². The minimum atomic E-state index is -0.175. The van der Waals surface area contributed by atoms with Gasteiger partial charge in [-0.05, 0) is 68.5 Å². The number of hydrogen-bond donors (Lipinski definition) is 1. The van der Waals surface area contributed by atoms with E-state index >= 15 is 0 Å². The fourth-order valence-electron chi connectivity index (χ4n) is 3.19. The largest absolute Gasteiger partial charge is 0.317 e. The zero-order chi connectivity index (χ0) is 13.2. The molecular weight excluding hydrogens is 239 g/mol. The number of rotatable bonds is 2. The van der Waals surface area contributed by atoms with E-state index in [-0.39, 0.29) is 5.82 Å². The Bertz CT molecular complexity index is 574. The standard InChI is InChI=1S/C16H19FN2/c1-18-13-5-2-11(3-6-13)14-8-9-19-16-7-4-12(17)10-15(14)16/h4,7-11,13,18H,2-3,5-6H2,1H3. The Labute approximate surface area is 113 Å². The van der Waals surface area contributed by atoms with Gasteiger partial charge in [0, 0.05) is 17.6 Å². The van der Waals surface area contributed by atoms with Gasteiger partial charge in [-0.3, -0.25) is 4.98 Å². The van der Waals surface area contributed by atoms with Crippen molar-refractivity contribution in [3.63, 3.8) is 0 Å². The molecule has 3 rings (SSSR count). The van der Waals surface area contributed by atoms with Crippen molar-refractivity contribution < 1.29 is 4.39 Å². The second-order valence-electron chi connectivity index (χ2n) is 5.40. The smallest absolute Gasteiger partial charge is 0.123 e. The first-order valence-electron chi connectivity index (χ1n) is 6.99. The van der Waals surface area contributed by atoms with Crippen LogP contribution in [0.5, 0.6) is 0 Å². The van der Waals surface area contributed by atoms with Crippen LogP contribution in [0.15, 0.2) is 30.5 Å². The number of halogens is 1. The fourth-order valence-corrected chi connectivity index (χ4v) is 3.19. The van der Waals surface area contributed by atoms with Crippen LogP contribution in [-0.4, -0.2) is 18.1 Å². The molecule has 0 spiro atoms. The SMILES string of the molecule is CNC1CCC(c2ccnc3ccc(F)cc23)CC1. The van der Waals surface area contributed by atoms with Crippen LogP contribution in [0, 0.1) is 5.82 Å². The quantitative estimate of drug-likeness (QED) is 0.890. The molecule has 2 nitrogen and oxygen atoms in total. The Morgan fingerprint density at radius 2 is 1.95 bits per heavy atom. The molecule has 1 heterocycles. The summed E-state index contributed by atoms with van der Waals surface area (Å²) < 4.78 is 13.5. The average molecular weight is 258 g/mol. The number of benzene rings is 1. The molecule has 1 aliphatic carbocycles. The number of pyridine rings is 1. The molecule has 2 aromatic rings. The van der Waals surface area contributed by atoms with E-state index in [4.69, 9.17) is 0 Å². The molecule has 100 valence electrons. The predicted octanol–water partition coefficient (Wildman–Crippen LogP) is 3.62. The lowest BCUT2D eigenvalue weighted by Gasteiger charge is -2.29. The topological polar surface area (TPSA) is 24.9 Å². The molecule has 3 heteroatoms. The molecule has 19 heavy (non-hydrogen) atoms. The molecule has 1 fully saturated rings. The Hall–Kier alpha value is -1.48. The highest BCUT2D eigenvalue weighted by Gasteiger charge is 2.22. The van der Waals surface area contributed by atoms with Crippen molar-refractivity contribution in [3.8, 4) is 0 Å². The highest BCUT2D eigenvalue weighted by atomic mass is 19.1. The summed E-state index contributed by atoms with van der Waals surface area (Å²) in [6.07, 6.45) is 6.57. The van der Waals surface area contributed by atoms with E-state index in [0.29, 0.717) is 12.0 Å². The van der Waals surface area contributed by atoms with Crippen molar-refractivity contribution in [2.45, 2.75) is 37.6 Å². The minimum absolute atomic E-state index is 0.175. The second-order valence-corrected chi connectivity index (χ2v) is 5.40. The zero-order valence-corrected chi connectivity index (χ0v) is 11.2. The van der Waals surface area contributed by atoms with Crippen molar-refractivity contribution in [1.29, 1.82) is 0 Å². The molecule has 1 aliphatic rings. The molecule has 0 unspecified atom stereocenters. The summed E-state index contributed by atoms with van der Waals surface area (Å²) >= 11 is 0. The first-order chi connectivity index (χ1) is 9.28. The highest BCUT2D eigenvalue weighted by molar-refractivity contribution is 5.82. The first kappa shape index (κ1) is 12.5. The molecule has 1 N–H and O–H groups in total. The molecule has 0 atom stereocenters. The van der Waals surface area contributed by atoms with Crippen LogP contribution in [0.4, 0.5) is 4.39 Å². The van der Waals surface area contributed by atoms with Crippen LogP contribution in [0.3, 0.4) is 0 Å². The molecule has 1 aromatic heterocycles. The normalized spacial score (nSPS) is 23.7. The summed E-state index contributed by atoms with van der Waals surface area (Å²) in [6, 6.07) is 7.58. The van der Waals surface area contributed by atoms with Crippen LogP contribution in [-0.2, 0) is 0 Å². The van der Waals surface area contributed by atoms with Crippen molar-refractivity contribution in [3.05, 3.63) is 41.8 Å². The summed E-state index contributed by atoms with van der Waals surface area (Å²) in [5.41, 5.74) is 2.16. The minimum Gasteiger partial charge on any atom is -0.317 e. The van der Waals surface area contributed by atoms with Crippen LogP contribution in [0.25, 0.3) is 10.9 Å². The van der Waals surface area contributed by atoms with Gasteiger partial charge in [0.1, 0.15) is 5.82 Å². The number of fused-ring (bicyclic) bond motifs is 1. The number of nitrogens with zero attached hydrogens (tertiary/aromatic N) is 1. The number of nitrogens with one attached hydrogen (secondary N) is 1. The molecule has 1 aromatic carbocycles. The lowest BCUT2D eigenvalue weighted by molar-refractivity contribution is 0.360. The summed E-state index contributed by atoms with van der Waals surface area (Å²) in [6.45, 7) is 0. The summed E-state index contributed by atoms with van der Waals surface area (Å²) in [4.78, 5) is 4.33. The lowest BCUT2D eigenvalue weighted by Crippen LogP contribution is -2.29. The van der Waals surface area contributed by atoms with Gasteiger partial charge in [-0.15, -0.1) is 0 Å². The average Bonchev–Trinajstić information content (AvgIpc) is 2.47. The third-order valence-electron chi connectivity index (χ3n) is 4.31. The summed E-state index contributed by atoms with van der Waals surface area (Å²) in [5, 5.41) is 4.33. The van der Waals surface area contributed by atoms with Gasteiger partial charge < -0.3 is 5.32 Å². The van der Waals surface area contributed by atoms with E-state index < -0.39 is 0 Å². The van der Waals surface area contributed by atoms with E-state index in [0.717, 1.165) is 10.9 Å². The molecule has 0 saturated heterocycles. The van der Waals surface area contributed by atoms with Crippen molar-refractivity contribution in [1.82, 2.24) is 10.3 Å². The second kappa shape index (κ2) is 5.25. The Balaban J connectivity index is 1.94. The van der Waals surface area contributed by atoms with E-state index in [9.17, 15) is 4.39 Å². The molecule has 0 bridgehead atoms. The monoisotopic (exact) mass is 258 g/mol. The first-order valence-corrected chi connectivity index (χ1v) is 6.99. The van der Waals surface area contributed by atoms with Crippen LogP contribution >= 0.6 is 0 Å².